The second-order valence-electron chi connectivity index (χ2n) is 7.05. The van der Waals surface area contributed by atoms with Gasteiger partial charge in [0.25, 0.3) is 0 Å². The molecule has 0 radical (unpaired) electrons. The monoisotopic (exact) mass is 266 g/mol. The second-order valence-corrected chi connectivity index (χ2v) is 7.05. The van der Waals surface area contributed by atoms with E-state index in [0.29, 0.717) is 11.3 Å². The third-order valence-corrected chi connectivity index (χ3v) is 3.26. The summed E-state index contributed by atoms with van der Waals surface area (Å²) in [4.78, 5) is 0. The van der Waals surface area contributed by atoms with E-state index in [1.54, 1.807) is 0 Å². The molecule has 1 unspecified atom stereocenters. The minimum absolute atomic E-state index is 0.201. The van der Waals surface area contributed by atoms with Crippen LogP contribution in [0.25, 0.3) is 0 Å². The predicted octanol–water partition coefficient (Wildman–Crippen LogP) is 3.62. The fourth-order valence-electron chi connectivity index (χ4n) is 2.08. The largest absolute Gasteiger partial charge is 0.507 e. The van der Waals surface area contributed by atoms with Crippen molar-refractivity contribution in [1.29, 1.82) is 0 Å². The van der Waals surface area contributed by atoms with Gasteiger partial charge in [0.1, 0.15) is 5.75 Å². The van der Waals surface area contributed by atoms with Crippen LogP contribution in [0.4, 0.5) is 0 Å². The Morgan fingerprint density at radius 3 is 1.58 bits per heavy atom. The van der Waals surface area contributed by atoms with Crippen molar-refractivity contribution in [3.63, 3.8) is 0 Å². The number of aromatic hydroxyl groups is 1. The number of hydrogen-bond donors (Lipinski definition) is 2. The Kier molecular flexibility index (Phi) is 4.33. The maximum atomic E-state index is 10.5. The van der Waals surface area contributed by atoms with E-state index in [-0.39, 0.29) is 10.8 Å². The zero-order valence-corrected chi connectivity index (χ0v) is 13.0. The molecule has 0 bridgehead atoms. The number of aliphatic hydroxyl groups is 1. The fourth-order valence-corrected chi connectivity index (χ4v) is 2.08. The van der Waals surface area contributed by atoms with Crippen LogP contribution in [0.5, 0.6) is 5.75 Å². The SMILES string of the molecule is COC(O)c1cc(C(C)(C)C)c(O)c(C(C)(C)C)c1. The predicted molar refractivity (Wildman–Crippen MR) is 77.5 cm³/mol. The van der Waals surface area contributed by atoms with E-state index in [4.69, 9.17) is 4.74 Å². The first kappa shape index (κ1) is 16.0. The molecule has 0 aliphatic rings. The van der Waals surface area contributed by atoms with Crippen LogP contribution in [-0.2, 0) is 15.6 Å². The van der Waals surface area contributed by atoms with E-state index in [1.165, 1.54) is 7.11 Å². The molecule has 3 heteroatoms. The Balaban J connectivity index is 3.57. The summed E-state index contributed by atoms with van der Waals surface area (Å²) in [5.41, 5.74) is 1.92. The maximum absolute atomic E-state index is 10.5. The number of rotatable bonds is 2. The van der Waals surface area contributed by atoms with Crippen LogP contribution in [0.15, 0.2) is 12.1 Å². The molecule has 1 aromatic carbocycles. The lowest BCUT2D eigenvalue weighted by Gasteiger charge is -2.28. The number of ether oxygens (including phenoxy) is 1. The molecule has 0 saturated heterocycles. The van der Waals surface area contributed by atoms with Crippen LogP contribution in [0, 0.1) is 0 Å². The Morgan fingerprint density at radius 2 is 1.32 bits per heavy atom. The van der Waals surface area contributed by atoms with Gasteiger partial charge in [-0.25, -0.2) is 0 Å². The molecular weight excluding hydrogens is 240 g/mol. The van der Waals surface area contributed by atoms with Gasteiger partial charge in [0.15, 0.2) is 6.29 Å². The summed E-state index contributed by atoms with van der Waals surface area (Å²) in [6.45, 7) is 12.2. The average Bonchev–Trinajstić information content (AvgIpc) is 2.25. The highest BCUT2D eigenvalue weighted by Gasteiger charge is 2.27. The van der Waals surface area contributed by atoms with E-state index >= 15 is 0 Å². The van der Waals surface area contributed by atoms with Gasteiger partial charge in [-0.3, -0.25) is 0 Å². The molecule has 0 aliphatic heterocycles. The highest BCUT2D eigenvalue weighted by molar-refractivity contribution is 5.50. The van der Waals surface area contributed by atoms with Crippen LogP contribution in [0.1, 0.15) is 64.5 Å². The summed E-state index contributed by atoms with van der Waals surface area (Å²) in [5, 5.41) is 20.4. The van der Waals surface area contributed by atoms with Crippen molar-refractivity contribution < 1.29 is 14.9 Å². The van der Waals surface area contributed by atoms with Crippen LogP contribution < -0.4 is 0 Å². The third-order valence-electron chi connectivity index (χ3n) is 3.26. The Hall–Kier alpha value is -1.06. The van der Waals surface area contributed by atoms with Gasteiger partial charge >= 0.3 is 0 Å². The normalized spacial score (nSPS) is 14.5. The minimum atomic E-state index is -0.970. The molecule has 0 fully saturated rings. The average molecular weight is 266 g/mol. The van der Waals surface area contributed by atoms with Gasteiger partial charge in [0, 0.05) is 12.7 Å². The second kappa shape index (κ2) is 5.14. The quantitative estimate of drug-likeness (QED) is 0.804. The van der Waals surface area contributed by atoms with Crippen LogP contribution >= 0.6 is 0 Å². The van der Waals surface area contributed by atoms with E-state index in [9.17, 15) is 10.2 Å². The molecule has 0 saturated carbocycles. The summed E-state index contributed by atoms with van der Waals surface area (Å²) >= 11 is 0. The smallest absolute Gasteiger partial charge is 0.180 e. The number of phenols is 1. The van der Waals surface area contributed by atoms with Crippen LogP contribution in [-0.4, -0.2) is 17.3 Å². The van der Waals surface area contributed by atoms with Gasteiger partial charge < -0.3 is 14.9 Å². The summed E-state index contributed by atoms with van der Waals surface area (Å²) in [6, 6.07) is 3.64. The molecule has 2 N–H and O–H groups in total. The maximum Gasteiger partial charge on any atom is 0.180 e. The zero-order chi connectivity index (χ0) is 15.0. The number of hydrogen-bond acceptors (Lipinski definition) is 3. The molecule has 19 heavy (non-hydrogen) atoms. The van der Waals surface area contributed by atoms with Gasteiger partial charge in [-0.05, 0) is 34.1 Å². The van der Waals surface area contributed by atoms with Gasteiger partial charge in [-0.1, -0.05) is 41.5 Å². The standard InChI is InChI=1S/C16H26O3/c1-15(2,3)11-8-10(14(18)19-7)9-12(13(11)17)16(4,5)6/h8-9,14,17-18H,1-7H3. The summed E-state index contributed by atoms with van der Waals surface area (Å²) < 4.78 is 4.99. The number of aliphatic hydroxyl groups excluding tert-OH is 1. The highest BCUT2D eigenvalue weighted by atomic mass is 16.6. The van der Waals surface area contributed by atoms with Crippen molar-refractivity contribution in [3.05, 3.63) is 28.8 Å². The summed E-state index contributed by atoms with van der Waals surface area (Å²) in [6.07, 6.45) is -0.970. The fraction of sp³-hybridized carbons (Fsp3) is 0.625. The molecule has 1 atom stereocenters. The van der Waals surface area contributed by atoms with E-state index in [2.05, 4.69) is 0 Å². The lowest BCUT2D eigenvalue weighted by Crippen LogP contribution is -2.18. The molecule has 3 nitrogen and oxygen atoms in total. The molecule has 0 heterocycles. The highest BCUT2D eigenvalue weighted by Crippen LogP contribution is 2.40. The lowest BCUT2D eigenvalue weighted by molar-refractivity contribution is -0.0770. The van der Waals surface area contributed by atoms with Crippen molar-refractivity contribution in [3.8, 4) is 5.75 Å². The van der Waals surface area contributed by atoms with Gasteiger partial charge in [0.2, 0.25) is 0 Å². The molecular formula is C16H26O3. The zero-order valence-electron chi connectivity index (χ0n) is 13.0. The van der Waals surface area contributed by atoms with Gasteiger partial charge in [0.05, 0.1) is 0 Å². The first-order valence-electron chi connectivity index (χ1n) is 6.57. The topological polar surface area (TPSA) is 49.7 Å². The molecule has 0 amide bonds. The first-order valence-corrected chi connectivity index (χ1v) is 6.57. The van der Waals surface area contributed by atoms with Gasteiger partial charge in [-0.15, -0.1) is 0 Å². The van der Waals surface area contributed by atoms with Crippen molar-refractivity contribution in [2.24, 2.45) is 0 Å². The molecule has 0 spiro atoms. The summed E-state index contributed by atoms with van der Waals surface area (Å²) in [5.74, 6) is 0.312. The number of phenolic OH excluding ortho intramolecular Hbond substituents is 1. The molecule has 1 aromatic rings. The van der Waals surface area contributed by atoms with Crippen LogP contribution in [0.2, 0.25) is 0 Å². The molecule has 1 rings (SSSR count). The molecule has 108 valence electrons. The minimum Gasteiger partial charge on any atom is -0.507 e. The van der Waals surface area contributed by atoms with E-state index < -0.39 is 6.29 Å². The van der Waals surface area contributed by atoms with Crippen molar-refractivity contribution in [1.82, 2.24) is 0 Å². The lowest BCUT2D eigenvalue weighted by atomic mass is 9.78. The number of benzene rings is 1. The molecule has 0 aromatic heterocycles. The van der Waals surface area contributed by atoms with E-state index in [1.807, 2.05) is 53.7 Å². The van der Waals surface area contributed by atoms with E-state index in [0.717, 1.165) is 11.1 Å². The van der Waals surface area contributed by atoms with Crippen molar-refractivity contribution >= 4 is 0 Å². The number of methoxy groups -OCH3 is 1. The van der Waals surface area contributed by atoms with Gasteiger partial charge in [-0.2, -0.15) is 0 Å². The summed E-state index contributed by atoms with van der Waals surface area (Å²) in [7, 11) is 1.46. The Bertz CT molecular complexity index is 415. The molecule has 0 aliphatic carbocycles. The third kappa shape index (κ3) is 3.48. The first-order chi connectivity index (χ1) is 8.48. The van der Waals surface area contributed by atoms with Crippen molar-refractivity contribution in [2.75, 3.05) is 7.11 Å². The van der Waals surface area contributed by atoms with Crippen LogP contribution in [0.3, 0.4) is 0 Å². The van der Waals surface area contributed by atoms with Crippen molar-refractivity contribution in [2.45, 2.75) is 58.7 Å². The Labute approximate surface area is 116 Å². The Morgan fingerprint density at radius 1 is 0.947 bits per heavy atom.